The maximum Gasteiger partial charge on any atom is 0.155 e. The topological polar surface area (TPSA) is 50.2 Å². The number of pyridine rings is 1. The number of hydrogen-bond donors (Lipinski definition) is 1. The molecule has 0 aliphatic heterocycles. The molecule has 0 fully saturated rings. The molecule has 3 nitrogen and oxygen atoms in total. The van der Waals surface area contributed by atoms with Crippen LogP contribution >= 0.6 is 11.3 Å². The Balaban J connectivity index is 0.000000468. The largest absolute Gasteiger partial charge is 0.512 e. The number of thiophene rings is 1. The maximum absolute atomic E-state index is 10.0. The molecule has 2 heterocycles. The molecule has 0 saturated carbocycles. The van der Waals surface area contributed by atoms with Gasteiger partial charge in [-0.3, -0.25) is 4.79 Å². The van der Waals surface area contributed by atoms with Crippen molar-refractivity contribution in [1.29, 1.82) is 0 Å². The fourth-order valence-corrected chi connectivity index (χ4v) is 5.76. The molecule has 5 heteroatoms. The van der Waals surface area contributed by atoms with Gasteiger partial charge in [0.25, 0.3) is 0 Å². The number of carbonyl (C=O) groups is 1. The molecule has 0 unspecified atom stereocenters. The van der Waals surface area contributed by atoms with Crippen molar-refractivity contribution in [2.45, 2.75) is 66.7 Å². The van der Waals surface area contributed by atoms with E-state index in [9.17, 15) is 4.79 Å². The van der Waals surface area contributed by atoms with Gasteiger partial charge in [-0.15, -0.1) is 23.3 Å². The minimum atomic E-state index is -0.125. The molecule has 0 bridgehead atoms. The standard InChI is InChI=1S/C29H28NS.C5H8O2.Ir/c1-17(2)19-7-9-22-20(14-19)8-10-24-23(22)11-12-30-28(24)21-15-26(29(4,5)6)25-13-18(3)31-27(25)16-21;1-4(6)3-5(2)7;/h7-15,17H,1-6H3;3,6H,1-2H3;/q-1;;/b;4-3-;. The molecule has 0 saturated heterocycles. The SMILES string of the molecule is CC(=O)/C=C(/C)O.Cc1cc2c(C(C)(C)C)cc(-c3nccc4c3ccc3cc(C(C)C)ccc34)[c-]c2s1.[Ir]. The van der Waals surface area contributed by atoms with Crippen LogP contribution in [0.1, 0.15) is 70.4 Å². The molecule has 0 atom stereocenters. The average Bonchev–Trinajstić information content (AvgIpc) is 3.21. The second kappa shape index (κ2) is 12.1. The van der Waals surface area contributed by atoms with Crippen molar-refractivity contribution >= 4 is 48.8 Å². The van der Waals surface area contributed by atoms with Gasteiger partial charge in [-0.05, 0) is 80.5 Å². The minimum absolute atomic E-state index is 0. The molecule has 3 aromatic carbocycles. The van der Waals surface area contributed by atoms with E-state index in [1.807, 2.05) is 17.5 Å². The number of aromatic nitrogens is 1. The zero-order valence-corrected chi connectivity index (χ0v) is 27.1. The summed E-state index contributed by atoms with van der Waals surface area (Å²) in [4.78, 5) is 16.2. The molecule has 5 rings (SSSR count). The fourth-order valence-electron chi connectivity index (χ4n) is 4.82. The molecule has 5 aromatic rings. The summed E-state index contributed by atoms with van der Waals surface area (Å²) in [7, 11) is 0. The molecule has 205 valence electrons. The Morgan fingerprint density at radius 3 is 2.26 bits per heavy atom. The number of benzene rings is 3. The van der Waals surface area contributed by atoms with Gasteiger partial charge in [0.2, 0.25) is 0 Å². The first-order valence-corrected chi connectivity index (χ1v) is 13.8. The predicted octanol–water partition coefficient (Wildman–Crippen LogP) is 9.83. The minimum Gasteiger partial charge on any atom is -0.512 e. The quantitative estimate of drug-likeness (QED) is 0.0877. The Morgan fingerprint density at radius 1 is 0.974 bits per heavy atom. The summed E-state index contributed by atoms with van der Waals surface area (Å²) in [5.41, 5.74) is 4.90. The van der Waals surface area contributed by atoms with E-state index in [4.69, 9.17) is 10.1 Å². The molecule has 0 aliphatic carbocycles. The third-order valence-electron chi connectivity index (χ3n) is 6.61. The van der Waals surface area contributed by atoms with Crippen LogP contribution in [0.4, 0.5) is 0 Å². The summed E-state index contributed by atoms with van der Waals surface area (Å²) in [5, 5.41) is 14.7. The van der Waals surface area contributed by atoms with Crippen LogP contribution in [0.25, 0.3) is 42.9 Å². The van der Waals surface area contributed by atoms with E-state index in [-0.39, 0.29) is 37.1 Å². The van der Waals surface area contributed by atoms with E-state index >= 15 is 0 Å². The number of fused-ring (bicyclic) bond motifs is 4. The van der Waals surface area contributed by atoms with Crippen LogP contribution in [-0.2, 0) is 30.3 Å². The van der Waals surface area contributed by atoms with E-state index < -0.39 is 0 Å². The Labute approximate surface area is 249 Å². The van der Waals surface area contributed by atoms with Gasteiger partial charge in [0.15, 0.2) is 5.78 Å². The van der Waals surface area contributed by atoms with Crippen LogP contribution in [-0.4, -0.2) is 15.9 Å². The van der Waals surface area contributed by atoms with Gasteiger partial charge in [-0.2, -0.15) is 11.3 Å². The van der Waals surface area contributed by atoms with Crippen molar-refractivity contribution in [2.75, 3.05) is 0 Å². The van der Waals surface area contributed by atoms with Crippen LogP contribution < -0.4 is 0 Å². The second-order valence-corrected chi connectivity index (χ2v) is 12.6. The van der Waals surface area contributed by atoms with Crippen LogP contribution in [0, 0.1) is 13.0 Å². The van der Waals surface area contributed by atoms with Gasteiger partial charge in [0, 0.05) is 32.4 Å². The first kappa shape index (κ1) is 30.7. The van der Waals surface area contributed by atoms with Crippen LogP contribution in [0.3, 0.4) is 0 Å². The van der Waals surface area contributed by atoms with Crippen molar-refractivity contribution < 1.29 is 30.0 Å². The number of nitrogens with zero attached hydrogens (tertiary/aromatic N) is 1. The molecule has 0 aliphatic rings. The molecule has 1 N–H and O–H groups in total. The van der Waals surface area contributed by atoms with Gasteiger partial charge in [0.05, 0.1) is 5.76 Å². The summed E-state index contributed by atoms with van der Waals surface area (Å²) in [6.45, 7) is 16.4. The number of aliphatic hydroxyl groups excluding tert-OH is 1. The number of rotatable bonds is 3. The molecule has 0 amide bonds. The predicted molar refractivity (Wildman–Crippen MR) is 163 cm³/mol. The number of aliphatic hydroxyl groups is 1. The van der Waals surface area contributed by atoms with Crippen molar-refractivity contribution in [3.63, 3.8) is 0 Å². The average molecular weight is 715 g/mol. The number of carbonyl (C=O) groups excluding carboxylic acids is 1. The Hall–Kier alpha value is -2.85. The van der Waals surface area contributed by atoms with Crippen LogP contribution in [0.5, 0.6) is 0 Å². The number of ketones is 1. The van der Waals surface area contributed by atoms with E-state index in [2.05, 4.69) is 96.1 Å². The first-order valence-electron chi connectivity index (χ1n) is 13.0. The Kier molecular flexibility index (Phi) is 9.54. The Bertz CT molecular complexity index is 1690. The first-order chi connectivity index (χ1) is 17.8. The van der Waals surface area contributed by atoms with E-state index in [0.717, 1.165) is 11.3 Å². The van der Waals surface area contributed by atoms with Crippen molar-refractivity contribution in [3.8, 4) is 11.3 Å². The van der Waals surface area contributed by atoms with Gasteiger partial charge < -0.3 is 10.1 Å². The summed E-state index contributed by atoms with van der Waals surface area (Å²) < 4.78 is 1.22. The van der Waals surface area contributed by atoms with E-state index in [1.165, 1.54) is 67.6 Å². The van der Waals surface area contributed by atoms with Gasteiger partial charge in [-0.25, -0.2) is 0 Å². The number of hydrogen-bond acceptors (Lipinski definition) is 4. The molecule has 1 radical (unpaired) electrons. The van der Waals surface area contributed by atoms with Crippen molar-refractivity contribution in [2.24, 2.45) is 0 Å². The van der Waals surface area contributed by atoms with E-state index in [0.29, 0.717) is 5.92 Å². The zero-order chi connectivity index (χ0) is 27.8. The number of allylic oxidation sites excluding steroid dienone is 2. The van der Waals surface area contributed by atoms with Crippen molar-refractivity contribution in [1.82, 2.24) is 4.98 Å². The summed E-state index contributed by atoms with van der Waals surface area (Å²) in [5.74, 6) is 0.465. The fraction of sp³-hybridized carbons (Fsp3) is 0.294. The summed E-state index contributed by atoms with van der Waals surface area (Å²) >= 11 is 1.82. The third-order valence-corrected chi connectivity index (χ3v) is 7.58. The zero-order valence-electron chi connectivity index (χ0n) is 23.9. The van der Waals surface area contributed by atoms with Gasteiger partial charge in [-0.1, -0.05) is 76.4 Å². The van der Waals surface area contributed by atoms with Crippen LogP contribution in [0.2, 0.25) is 0 Å². The smallest absolute Gasteiger partial charge is 0.155 e. The number of aryl methyl sites for hydroxylation is 1. The molecule has 39 heavy (non-hydrogen) atoms. The molecular weight excluding hydrogens is 679 g/mol. The summed E-state index contributed by atoms with van der Waals surface area (Å²) in [6, 6.07) is 21.8. The van der Waals surface area contributed by atoms with Crippen molar-refractivity contribution in [3.05, 3.63) is 88.6 Å². The molecule has 0 spiro atoms. The second-order valence-electron chi connectivity index (χ2n) is 11.3. The third kappa shape index (κ3) is 6.84. The Morgan fingerprint density at radius 2 is 1.67 bits per heavy atom. The van der Waals surface area contributed by atoms with Gasteiger partial charge >= 0.3 is 0 Å². The summed E-state index contributed by atoms with van der Waals surface area (Å²) in [6.07, 6.45) is 3.11. The normalized spacial score (nSPS) is 12.0. The monoisotopic (exact) mass is 715 g/mol. The van der Waals surface area contributed by atoms with Crippen LogP contribution in [0.15, 0.2) is 66.6 Å². The van der Waals surface area contributed by atoms with E-state index in [1.54, 1.807) is 0 Å². The molecular formula is C34H36IrNO2S-. The van der Waals surface area contributed by atoms with Gasteiger partial charge in [0.1, 0.15) is 0 Å². The maximum atomic E-state index is 10.0. The molecule has 2 aromatic heterocycles.